The number of nitrogens with zero attached hydrogens (tertiary/aromatic N) is 2. The van der Waals surface area contributed by atoms with E-state index in [1.807, 2.05) is 6.07 Å². The van der Waals surface area contributed by atoms with Gasteiger partial charge in [0.05, 0.1) is 21.8 Å². The lowest BCUT2D eigenvalue weighted by Crippen LogP contribution is -2.51. The largest absolute Gasteiger partial charge is 0.484 e. The number of sulfone groups is 1. The summed E-state index contributed by atoms with van der Waals surface area (Å²) < 4.78 is 110. The van der Waals surface area contributed by atoms with Crippen LogP contribution in [0.4, 0.5) is 26.3 Å². The molecule has 1 aromatic carbocycles. The number of hydrogen-bond acceptors (Lipinski definition) is 6. The van der Waals surface area contributed by atoms with E-state index in [1.165, 1.54) is 20.8 Å². The van der Waals surface area contributed by atoms with Crippen LogP contribution in [0.3, 0.4) is 0 Å². The highest BCUT2D eigenvalue weighted by molar-refractivity contribution is 7.92. The van der Waals surface area contributed by atoms with Crippen LogP contribution < -0.4 is 10.1 Å². The predicted molar refractivity (Wildman–Crippen MR) is 119 cm³/mol. The maximum Gasteiger partial charge on any atom is 0.422 e. The standard InChI is InChI=1S/C23H25F6N3O5S/c1-20(2,3)19(34)32-10-14(9-16(32)18(33)31-21(11-30)6-7-21)38(35,36)17-5-4-13(37-12-22(24,25)26)8-15(17)23(27,28)29/h4-5,8,14,16H,6-7,9-10,12H2,1-3H3,(H,31,33). The molecular weight excluding hydrogens is 544 g/mol. The van der Waals surface area contributed by atoms with Crippen LogP contribution >= 0.6 is 0 Å². The summed E-state index contributed by atoms with van der Waals surface area (Å²) in [6.07, 6.45) is -9.94. The SMILES string of the molecule is CC(C)(C)C(=O)N1CC(S(=O)(=O)c2ccc(OCC(F)(F)F)cc2C(F)(F)F)CC1C(=O)NC1(C#N)CC1. The summed E-state index contributed by atoms with van der Waals surface area (Å²) in [5, 5.41) is 10.1. The molecule has 1 saturated heterocycles. The van der Waals surface area contributed by atoms with E-state index < -0.39 is 92.0 Å². The first-order valence-electron chi connectivity index (χ1n) is 11.4. The summed E-state index contributed by atoms with van der Waals surface area (Å²) in [5.41, 5.74) is -3.95. The van der Waals surface area contributed by atoms with E-state index in [1.54, 1.807) is 0 Å². The molecule has 15 heteroatoms. The quantitative estimate of drug-likeness (QED) is 0.524. The Bertz CT molecular complexity index is 1260. The fourth-order valence-electron chi connectivity index (χ4n) is 4.05. The van der Waals surface area contributed by atoms with Gasteiger partial charge in [0.2, 0.25) is 11.8 Å². The van der Waals surface area contributed by atoms with Gasteiger partial charge in [-0.2, -0.15) is 31.6 Å². The summed E-state index contributed by atoms with van der Waals surface area (Å²) in [4.78, 5) is 25.8. The van der Waals surface area contributed by atoms with Gasteiger partial charge in [0.15, 0.2) is 16.4 Å². The van der Waals surface area contributed by atoms with E-state index in [2.05, 4.69) is 10.1 Å². The fraction of sp³-hybridized carbons (Fsp3) is 0.609. The van der Waals surface area contributed by atoms with Crippen LogP contribution in [-0.4, -0.2) is 61.3 Å². The Labute approximate surface area is 214 Å². The van der Waals surface area contributed by atoms with Gasteiger partial charge >= 0.3 is 12.4 Å². The second-order valence-electron chi connectivity index (χ2n) is 10.4. The van der Waals surface area contributed by atoms with Gasteiger partial charge in [0, 0.05) is 12.0 Å². The number of amides is 2. The van der Waals surface area contributed by atoms with Crippen molar-refractivity contribution < 1.29 is 49.1 Å². The molecule has 1 saturated carbocycles. The number of carbonyl (C=O) groups is 2. The van der Waals surface area contributed by atoms with Gasteiger partial charge in [-0.25, -0.2) is 8.42 Å². The second kappa shape index (κ2) is 9.62. The van der Waals surface area contributed by atoms with Crippen LogP contribution in [0.5, 0.6) is 5.75 Å². The first-order chi connectivity index (χ1) is 17.2. The maximum atomic E-state index is 13.8. The van der Waals surface area contributed by atoms with Gasteiger partial charge in [-0.05, 0) is 37.5 Å². The molecule has 1 heterocycles. The molecule has 8 nitrogen and oxygen atoms in total. The Morgan fingerprint density at radius 2 is 1.76 bits per heavy atom. The molecule has 2 unspecified atom stereocenters. The smallest absolute Gasteiger partial charge is 0.422 e. The number of rotatable bonds is 6. The van der Waals surface area contributed by atoms with E-state index in [4.69, 9.17) is 0 Å². The number of hydrogen-bond donors (Lipinski definition) is 1. The highest BCUT2D eigenvalue weighted by atomic mass is 32.2. The van der Waals surface area contributed by atoms with Crippen molar-refractivity contribution in [2.24, 2.45) is 5.41 Å². The average Bonchev–Trinajstić information content (AvgIpc) is 3.40. The lowest BCUT2D eigenvalue weighted by Gasteiger charge is -2.30. The Morgan fingerprint density at radius 1 is 1.16 bits per heavy atom. The van der Waals surface area contributed by atoms with Crippen molar-refractivity contribution in [2.45, 2.75) is 74.1 Å². The zero-order valence-electron chi connectivity index (χ0n) is 20.5. The van der Waals surface area contributed by atoms with Crippen LogP contribution in [0, 0.1) is 16.7 Å². The molecule has 2 amide bonds. The maximum absolute atomic E-state index is 13.8. The zero-order chi connectivity index (χ0) is 28.9. The van der Waals surface area contributed by atoms with Gasteiger partial charge < -0.3 is 15.0 Å². The van der Waals surface area contributed by atoms with Gasteiger partial charge in [-0.1, -0.05) is 20.8 Å². The van der Waals surface area contributed by atoms with E-state index in [-0.39, 0.29) is 6.07 Å². The van der Waals surface area contributed by atoms with E-state index >= 15 is 0 Å². The predicted octanol–water partition coefficient (Wildman–Crippen LogP) is 3.61. The fourth-order valence-corrected chi connectivity index (χ4v) is 5.94. The molecule has 1 N–H and O–H groups in total. The van der Waals surface area contributed by atoms with Crippen molar-refractivity contribution in [2.75, 3.05) is 13.2 Å². The van der Waals surface area contributed by atoms with E-state index in [0.29, 0.717) is 25.0 Å². The molecule has 0 bridgehead atoms. The molecule has 1 aliphatic heterocycles. The van der Waals surface area contributed by atoms with Crippen molar-refractivity contribution in [1.29, 1.82) is 5.26 Å². The van der Waals surface area contributed by atoms with Gasteiger partial charge in [0.25, 0.3) is 0 Å². The third-order valence-electron chi connectivity index (χ3n) is 6.20. The Morgan fingerprint density at radius 3 is 2.24 bits per heavy atom. The van der Waals surface area contributed by atoms with Gasteiger partial charge in [-0.3, -0.25) is 9.59 Å². The Kier molecular flexibility index (Phi) is 7.48. The number of benzene rings is 1. The number of halogens is 6. The summed E-state index contributed by atoms with van der Waals surface area (Å²) in [7, 11) is -4.86. The van der Waals surface area contributed by atoms with E-state index in [0.717, 1.165) is 4.90 Å². The molecule has 1 aromatic rings. The van der Waals surface area contributed by atoms with Gasteiger partial charge in [-0.15, -0.1) is 0 Å². The molecule has 3 rings (SSSR count). The summed E-state index contributed by atoms with van der Waals surface area (Å²) in [5.74, 6) is -2.26. The van der Waals surface area contributed by atoms with Crippen LogP contribution in [-0.2, 0) is 25.6 Å². The molecule has 38 heavy (non-hydrogen) atoms. The first kappa shape index (κ1) is 29.5. The second-order valence-corrected chi connectivity index (χ2v) is 12.6. The molecule has 2 atom stereocenters. The Balaban J connectivity index is 1.98. The number of alkyl halides is 6. The highest BCUT2D eigenvalue weighted by Gasteiger charge is 2.52. The molecule has 0 aromatic heterocycles. The van der Waals surface area contributed by atoms with Crippen LogP contribution in [0.25, 0.3) is 0 Å². The monoisotopic (exact) mass is 569 g/mol. The van der Waals surface area contributed by atoms with E-state index in [9.17, 15) is 49.6 Å². The van der Waals surface area contributed by atoms with Crippen molar-refractivity contribution in [3.8, 4) is 11.8 Å². The molecule has 210 valence electrons. The molecule has 0 spiro atoms. The molecule has 0 radical (unpaired) electrons. The van der Waals surface area contributed by atoms with Crippen molar-refractivity contribution in [3.05, 3.63) is 23.8 Å². The third kappa shape index (κ3) is 6.33. The number of ether oxygens (including phenoxy) is 1. The first-order valence-corrected chi connectivity index (χ1v) is 12.9. The Hall–Kier alpha value is -3.02. The minimum atomic E-state index is -5.28. The molecule has 2 aliphatic rings. The summed E-state index contributed by atoms with van der Waals surface area (Å²) >= 11 is 0. The van der Waals surface area contributed by atoms with Crippen molar-refractivity contribution in [1.82, 2.24) is 10.2 Å². The lowest BCUT2D eigenvalue weighted by atomic mass is 9.94. The average molecular weight is 570 g/mol. The van der Waals surface area contributed by atoms with Crippen molar-refractivity contribution >= 4 is 21.7 Å². The molecule has 1 aliphatic carbocycles. The van der Waals surface area contributed by atoms with Crippen LogP contribution in [0.1, 0.15) is 45.6 Å². The minimum Gasteiger partial charge on any atom is -0.484 e. The lowest BCUT2D eigenvalue weighted by molar-refractivity contribution is -0.153. The number of likely N-dealkylation sites (tertiary alicyclic amines) is 1. The number of carbonyl (C=O) groups excluding carboxylic acids is 2. The van der Waals surface area contributed by atoms with Gasteiger partial charge in [0.1, 0.15) is 17.3 Å². The molecular formula is C23H25F6N3O5S. The third-order valence-corrected chi connectivity index (χ3v) is 8.39. The zero-order valence-corrected chi connectivity index (χ0v) is 21.4. The highest BCUT2D eigenvalue weighted by Crippen LogP contribution is 2.41. The number of nitrogens with one attached hydrogen (secondary N) is 1. The number of nitriles is 1. The minimum absolute atomic E-state index is 0.166. The topological polar surface area (TPSA) is 117 Å². The van der Waals surface area contributed by atoms with Crippen LogP contribution in [0.2, 0.25) is 0 Å². The molecule has 2 fully saturated rings. The summed E-state index contributed by atoms with van der Waals surface area (Å²) in [6.45, 7) is 2.07. The van der Waals surface area contributed by atoms with Crippen molar-refractivity contribution in [3.63, 3.8) is 0 Å². The summed E-state index contributed by atoms with van der Waals surface area (Å²) in [6, 6.07) is 1.92. The normalized spacial score (nSPS) is 21.5. The van der Waals surface area contributed by atoms with Crippen LogP contribution in [0.15, 0.2) is 23.1 Å².